The molecular formula is C19H15F4N3O4. The lowest BCUT2D eigenvalue weighted by atomic mass is 10.1. The quantitative estimate of drug-likeness (QED) is 0.249. The van der Waals surface area contributed by atoms with E-state index in [0.29, 0.717) is 0 Å². The van der Waals surface area contributed by atoms with E-state index in [4.69, 9.17) is 9.47 Å². The van der Waals surface area contributed by atoms with Gasteiger partial charge in [0.2, 0.25) is 11.8 Å². The summed E-state index contributed by atoms with van der Waals surface area (Å²) in [5, 5.41) is 3.93. The molecule has 3 aromatic rings. The molecule has 2 heterocycles. The summed E-state index contributed by atoms with van der Waals surface area (Å²) in [7, 11) is 2.15. The van der Waals surface area contributed by atoms with Crippen LogP contribution in [-0.2, 0) is 14.3 Å². The molecule has 30 heavy (non-hydrogen) atoms. The first kappa shape index (κ1) is 21.2. The Morgan fingerprint density at radius 2 is 1.83 bits per heavy atom. The van der Waals surface area contributed by atoms with Crippen molar-refractivity contribution in [3.05, 3.63) is 59.9 Å². The average molecular weight is 425 g/mol. The van der Waals surface area contributed by atoms with Crippen LogP contribution in [0.15, 0.2) is 42.6 Å². The summed E-state index contributed by atoms with van der Waals surface area (Å²) in [5.74, 6) is -3.29. The number of nitrogens with zero attached hydrogens (tertiary/aromatic N) is 3. The molecule has 1 atom stereocenters. The second-order valence-corrected chi connectivity index (χ2v) is 5.81. The van der Waals surface area contributed by atoms with Gasteiger partial charge in [-0.3, -0.25) is 0 Å². The highest BCUT2D eigenvalue weighted by atomic mass is 19.3. The molecule has 3 rings (SSSR count). The zero-order chi connectivity index (χ0) is 21.8. The third-order valence-electron chi connectivity index (χ3n) is 4.01. The van der Waals surface area contributed by atoms with Gasteiger partial charge < -0.3 is 14.2 Å². The van der Waals surface area contributed by atoms with Gasteiger partial charge in [0, 0.05) is 18.9 Å². The van der Waals surface area contributed by atoms with Crippen molar-refractivity contribution in [2.45, 2.75) is 12.7 Å². The Morgan fingerprint density at radius 3 is 2.40 bits per heavy atom. The Balaban J connectivity index is 2.26. The maximum Gasteiger partial charge on any atom is 0.376 e. The predicted molar refractivity (Wildman–Crippen MR) is 95.1 cm³/mol. The van der Waals surface area contributed by atoms with Crippen LogP contribution in [-0.4, -0.2) is 41.2 Å². The van der Waals surface area contributed by atoms with E-state index >= 15 is 0 Å². The summed E-state index contributed by atoms with van der Waals surface area (Å²) in [6, 6.07) is 7.43. The molecule has 0 radical (unpaired) electrons. The molecule has 0 saturated carbocycles. The van der Waals surface area contributed by atoms with Gasteiger partial charge >= 0.3 is 12.3 Å². The van der Waals surface area contributed by atoms with Crippen LogP contribution in [0.3, 0.4) is 0 Å². The van der Waals surface area contributed by atoms with Crippen molar-refractivity contribution in [1.82, 2.24) is 14.8 Å². The summed E-state index contributed by atoms with van der Waals surface area (Å²) in [4.78, 5) is 15.2. The van der Waals surface area contributed by atoms with E-state index in [1.807, 2.05) is 0 Å². The molecule has 158 valence electrons. The highest BCUT2D eigenvalue weighted by Crippen LogP contribution is 2.40. The van der Waals surface area contributed by atoms with Gasteiger partial charge in [-0.15, -0.1) is 5.10 Å². The van der Waals surface area contributed by atoms with Crippen molar-refractivity contribution in [2.24, 2.45) is 0 Å². The van der Waals surface area contributed by atoms with E-state index < -0.39 is 41.9 Å². The number of methoxy groups -OCH3 is 2. The smallest absolute Gasteiger partial charge is 0.376 e. The lowest BCUT2D eigenvalue weighted by molar-refractivity contribution is -0.170. The van der Waals surface area contributed by atoms with E-state index in [9.17, 15) is 22.4 Å². The summed E-state index contributed by atoms with van der Waals surface area (Å²) >= 11 is 0. The first-order chi connectivity index (χ1) is 14.4. The van der Waals surface area contributed by atoms with Gasteiger partial charge in [0.1, 0.15) is 17.1 Å². The van der Waals surface area contributed by atoms with Crippen LogP contribution in [0.25, 0.3) is 16.9 Å². The number of hydrogen-bond donors (Lipinski definition) is 0. The molecule has 1 unspecified atom stereocenters. The Kier molecular flexibility index (Phi) is 6.31. The normalized spacial score (nSPS) is 12.1. The number of halogens is 4. The molecule has 2 aromatic heterocycles. The number of pyridine rings is 1. The summed E-state index contributed by atoms with van der Waals surface area (Å²) < 4.78 is 71.2. The van der Waals surface area contributed by atoms with Gasteiger partial charge in [0.15, 0.2) is 0 Å². The molecule has 0 amide bonds. The van der Waals surface area contributed by atoms with Crippen molar-refractivity contribution in [1.29, 1.82) is 0 Å². The van der Waals surface area contributed by atoms with Gasteiger partial charge in [0.05, 0.1) is 12.8 Å². The molecule has 0 fully saturated rings. The van der Waals surface area contributed by atoms with E-state index in [2.05, 4.69) is 14.8 Å². The number of hydrogen-bond acceptors (Lipinski definition) is 6. The fourth-order valence-electron chi connectivity index (χ4n) is 2.68. The second kappa shape index (κ2) is 8.91. The number of carbonyl (C=O) groups is 1. The Labute approximate surface area is 167 Å². The van der Waals surface area contributed by atoms with Gasteiger partial charge in [-0.25, -0.2) is 27.6 Å². The van der Waals surface area contributed by atoms with Crippen molar-refractivity contribution >= 4 is 5.97 Å². The first-order valence-electron chi connectivity index (χ1n) is 8.42. The third kappa shape index (κ3) is 4.10. The molecule has 0 bridgehead atoms. The van der Waals surface area contributed by atoms with E-state index in [1.54, 1.807) is 0 Å². The molecule has 1 aromatic carbocycles. The first-order valence-corrected chi connectivity index (χ1v) is 8.42. The summed E-state index contributed by atoms with van der Waals surface area (Å²) in [6.45, 7) is 0. The average Bonchev–Trinajstić information content (AvgIpc) is 3.11. The van der Waals surface area contributed by atoms with Crippen LogP contribution in [0, 0.1) is 11.8 Å². The molecule has 0 aliphatic carbocycles. The molecule has 0 aliphatic heterocycles. The number of benzene rings is 1. The van der Waals surface area contributed by atoms with E-state index in [0.717, 1.165) is 37.2 Å². The highest BCUT2D eigenvalue weighted by Gasteiger charge is 2.32. The van der Waals surface area contributed by atoms with Crippen LogP contribution in [0.4, 0.5) is 17.6 Å². The fourth-order valence-corrected chi connectivity index (χ4v) is 2.68. The molecule has 0 aliphatic rings. The number of aromatic nitrogens is 3. The largest absolute Gasteiger partial charge is 0.464 e. The summed E-state index contributed by atoms with van der Waals surface area (Å²) in [6.07, 6.45) is -3.86. The van der Waals surface area contributed by atoms with Crippen LogP contribution in [0.1, 0.15) is 12.0 Å². The zero-order valence-electron chi connectivity index (χ0n) is 15.7. The second-order valence-electron chi connectivity index (χ2n) is 5.81. The number of para-hydroxylation sites is 1. The number of carbonyl (C=O) groups excluding carboxylic acids is 1. The fraction of sp³-hybridized carbons (Fsp3) is 0.211. The van der Waals surface area contributed by atoms with Crippen LogP contribution in [0.5, 0.6) is 5.88 Å². The molecule has 0 spiro atoms. The molecule has 11 heteroatoms. The van der Waals surface area contributed by atoms with Gasteiger partial charge in [-0.05, 0) is 24.3 Å². The number of alkyl halides is 2. The van der Waals surface area contributed by atoms with Crippen molar-refractivity contribution in [3.8, 4) is 22.8 Å². The van der Waals surface area contributed by atoms with Gasteiger partial charge in [0.25, 0.3) is 6.43 Å². The van der Waals surface area contributed by atoms with Crippen LogP contribution >= 0.6 is 0 Å². The van der Waals surface area contributed by atoms with E-state index in [1.165, 1.54) is 24.3 Å². The number of rotatable bonds is 7. The van der Waals surface area contributed by atoms with Crippen LogP contribution in [0.2, 0.25) is 0 Å². The number of esters is 1. The Bertz CT molecular complexity index is 1040. The lowest BCUT2D eigenvalue weighted by Gasteiger charge is -2.14. The van der Waals surface area contributed by atoms with Gasteiger partial charge in [-0.2, -0.15) is 4.39 Å². The SMILES string of the molecule is COC(=O)C(OC)Oc1nn(-c2ccccc2F)c(-c2ccc(F)nc2)c1C(F)F. The lowest BCUT2D eigenvalue weighted by Crippen LogP contribution is -2.30. The topological polar surface area (TPSA) is 75.5 Å². The molecule has 0 saturated heterocycles. The highest BCUT2D eigenvalue weighted by molar-refractivity contribution is 5.74. The zero-order valence-corrected chi connectivity index (χ0v) is 15.7. The van der Waals surface area contributed by atoms with Crippen molar-refractivity contribution in [3.63, 3.8) is 0 Å². The van der Waals surface area contributed by atoms with Crippen LogP contribution < -0.4 is 4.74 Å². The maximum atomic E-state index is 14.4. The van der Waals surface area contributed by atoms with E-state index in [-0.39, 0.29) is 16.9 Å². The molecular weight excluding hydrogens is 410 g/mol. The van der Waals surface area contributed by atoms with Crippen molar-refractivity contribution in [2.75, 3.05) is 14.2 Å². The predicted octanol–water partition coefficient (Wildman–Crippen LogP) is 3.67. The minimum Gasteiger partial charge on any atom is -0.464 e. The monoisotopic (exact) mass is 425 g/mol. The van der Waals surface area contributed by atoms with Gasteiger partial charge in [-0.1, -0.05) is 12.1 Å². The Morgan fingerprint density at radius 1 is 1.10 bits per heavy atom. The minimum atomic E-state index is -3.16. The summed E-state index contributed by atoms with van der Waals surface area (Å²) in [5.41, 5.74) is -1.22. The minimum absolute atomic E-state index is 0.0179. The number of ether oxygens (including phenoxy) is 3. The standard InChI is InChI=1S/C19H15F4N3O4/c1-28-18(27)19(29-2)30-17-14(16(22)23)15(10-7-8-13(21)24-9-10)26(25-17)12-6-4-3-5-11(12)20/h3-9,16,19H,1-2H3. The third-order valence-corrected chi connectivity index (χ3v) is 4.01. The maximum absolute atomic E-state index is 14.4. The molecule has 0 N–H and O–H groups in total. The molecule has 7 nitrogen and oxygen atoms in total. The Hall–Kier alpha value is -3.47. The van der Waals surface area contributed by atoms with Crippen molar-refractivity contribution < 1.29 is 36.6 Å².